The summed E-state index contributed by atoms with van der Waals surface area (Å²) in [6.07, 6.45) is 2.27. The molecule has 2 N–H and O–H groups in total. The number of anilines is 1. The van der Waals surface area contributed by atoms with Crippen molar-refractivity contribution in [3.8, 4) is 23.0 Å². The number of benzene rings is 1. The van der Waals surface area contributed by atoms with Gasteiger partial charge in [-0.25, -0.2) is 23.8 Å². The molecule has 206 valence electrons. The maximum absolute atomic E-state index is 15.0. The minimum atomic E-state index is -0.837. The quantitative estimate of drug-likeness (QED) is 0.524. The van der Waals surface area contributed by atoms with Gasteiger partial charge in [-0.05, 0) is 51.8 Å². The first kappa shape index (κ1) is 26.8. The molecule has 3 aromatic rings. The lowest BCUT2D eigenvalue weighted by Crippen LogP contribution is -2.41. The van der Waals surface area contributed by atoms with Crippen molar-refractivity contribution in [2.75, 3.05) is 18.0 Å². The van der Waals surface area contributed by atoms with Gasteiger partial charge < -0.3 is 15.4 Å². The average Bonchev–Trinajstić information content (AvgIpc) is 3.52. The molecule has 40 heavy (non-hydrogen) atoms. The van der Waals surface area contributed by atoms with Crippen LogP contribution in [0.3, 0.4) is 0 Å². The van der Waals surface area contributed by atoms with Crippen LogP contribution >= 0.6 is 0 Å². The fraction of sp³-hybridized carbons (Fsp3) is 0.357. The van der Waals surface area contributed by atoms with Crippen LogP contribution in [0, 0.1) is 23.1 Å². The minimum Gasteiger partial charge on any atom is -0.443 e. The van der Waals surface area contributed by atoms with Gasteiger partial charge in [0.2, 0.25) is 5.91 Å². The van der Waals surface area contributed by atoms with Crippen molar-refractivity contribution in [3.05, 3.63) is 59.2 Å². The van der Waals surface area contributed by atoms with Gasteiger partial charge in [-0.15, -0.1) is 0 Å². The molecule has 0 saturated carbocycles. The lowest BCUT2D eigenvalue weighted by atomic mass is 9.98. The van der Waals surface area contributed by atoms with Gasteiger partial charge in [0, 0.05) is 25.4 Å². The molecule has 0 aliphatic carbocycles. The van der Waals surface area contributed by atoms with Gasteiger partial charge in [-0.1, -0.05) is 6.07 Å². The van der Waals surface area contributed by atoms with Gasteiger partial charge >= 0.3 is 6.09 Å². The van der Waals surface area contributed by atoms with Gasteiger partial charge in [0.15, 0.2) is 5.82 Å². The molecule has 2 aliphatic heterocycles. The van der Waals surface area contributed by atoms with Crippen LogP contribution in [-0.4, -0.2) is 56.3 Å². The molecular weight excluding hydrogens is 517 g/mol. The largest absolute Gasteiger partial charge is 0.443 e. The average molecular weight is 546 g/mol. The number of halogens is 1. The monoisotopic (exact) mass is 545 g/mol. The fourth-order valence-corrected chi connectivity index (χ4v) is 4.97. The Morgan fingerprint density at radius 2 is 2.00 bits per heavy atom. The van der Waals surface area contributed by atoms with Crippen molar-refractivity contribution >= 4 is 23.7 Å². The van der Waals surface area contributed by atoms with Crippen LogP contribution in [-0.2, 0) is 16.1 Å². The van der Waals surface area contributed by atoms with Gasteiger partial charge in [-0.2, -0.15) is 10.4 Å². The van der Waals surface area contributed by atoms with Crippen LogP contribution in [0.5, 0.6) is 0 Å². The molecule has 11 nitrogen and oxygen atoms in total. The minimum absolute atomic E-state index is 0.0232. The summed E-state index contributed by atoms with van der Waals surface area (Å²) in [6, 6.07) is 9.33. The van der Waals surface area contributed by atoms with Gasteiger partial charge in [-0.3, -0.25) is 9.59 Å². The van der Waals surface area contributed by atoms with E-state index in [0.29, 0.717) is 25.3 Å². The zero-order valence-corrected chi connectivity index (χ0v) is 22.3. The highest BCUT2D eigenvalue weighted by atomic mass is 19.1. The molecule has 5 rings (SSSR count). The standard InChI is InChI=1S/C28H28FN7O4/c1-28(2,3)40-27(39)35-15-20-24(26(35)38)21(12-19(32-20)23-16(13-30)6-4-8-18(23)29)36-11-9-22(33-36)34-10-5-7-17(14-34)25(31)37/h4,6,8-9,11-12,17H,5,7,10,14-15H2,1-3H3,(H2,31,37). The number of pyridine rings is 1. The predicted molar refractivity (Wildman–Crippen MR) is 142 cm³/mol. The van der Waals surface area contributed by atoms with Crippen LogP contribution in [0.4, 0.5) is 15.0 Å². The Morgan fingerprint density at radius 3 is 2.70 bits per heavy atom. The second-order valence-electron chi connectivity index (χ2n) is 10.8. The molecule has 2 aromatic heterocycles. The summed E-state index contributed by atoms with van der Waals surface area (Å²) < 4.78 is 21.9. The zero-order valence-electron chi connectivity index (χ0n) is 22.3. The van der Waals surface area contributed by atoms with E-state index in [-0.39, 0.29) is 52.1 Å². The number of piperidine rings is 1. The Labute approximate surface area is 229 Å². The van der Waals surface area contributed by atoms with Gasteiger partial charge in [0.05, 0.1) is 52.3 Å². The molecule has 1 aromatic carbocycles. The summed E-state index contributed by atoms with van der Waals surface area (Å²) in [7, 11) is 0. The summed E-state index contributed by atoms with van der Waals surface area (Å²) in [5.41, 5.74) is 5.46. The number of rotatable bonds is 4. The number of fused-ring (bicyclic) bond motifs is 1. The molecule has 0 radical (unpaired) electrons. The molecular formula is C28H28FN7O4. The van der Waals surface area contributed by atoms with E-state index in [9.17, 15) is 19.6 Å². The van der Waals surface area contributed by atoms with Crippen molar-refractivity contribution in [1.82, 2.24) is 19.7 Å². The summed E-state index contributed by atoms with van der Waals surface area (Å²) >= 11 is 0. The molecule has 1 fully saturated rings. The maximum atomic E-state index is 15.0. The number of nitrogens with two attached hydrogens (primary N) is 1. The van der Waals surface area contributed by atoms with Crippen LogP contribution in [0.25, 0.3) is 16.9 Å². The summed E-state index contributed by atoms with van der Waals surface area (Å²) in [5.74, 6) is -1.39. The van der Waals surface area contributed by atoms with E-state index in [1.807, 2.05) is 11.0 Å². The van der Waals surface area contributed by atoms with Crippen molar-refractivity contribution in [3.63, 3.8) is 0 Å². The molecule has 4 heterocycles. The highest BCUT2D eigenvalue weighted by Crippen LogP contribution is 2.35. The number of aromatic nitrogens is 3. The number of primary amides is 1. The van der Waals surface area contributed by atoms with Gasteiger partial charge in [0.25, 0.3) is 5.91 Å². The van der Waals surface area contributed by atoms with Crippen LogP contribution < -0.4 is 10.6 Å². The molecule has 0 spiro atoms. The third-order valence-corrected chi connectivity index (χ3v) is 6.81. The number of carbonyl (C=O) groups is 3. The summed E-state index contributed by atoms with van der Waals surface area (Å²) in [4.78, 5) is 45.6. The van der Waals surface area contributed by atoms with Crippen LogP contribution in [0.2, 0.25) is 0 Å². The first-order valence-electron chi connectivity index (χ1n) is 12.8. The first-order chi connectivity index (χ1) is 19.0. The number of carbonyl (C=O) groups excluding carboxylic acids is 3. The molecule has 0 bridgehead atoms. The molecule has 1 unspecified atom stereocenters. The van der Waals surface area contributed by atoms with E-state index in [2.05, 4.69) is 10.1 Å². The Kier molecular flexibility index (Phi) is 6.75. The predicted octanol–water partition coefficient (Wildman–Crippen LogP) is 3.54. The maximum Gasteiger partial charge on any atom is 0.417 e. The normalized spacial score (nSPS) is 17.0. The summed E-state index contributed by atoms with van der Waals surface area (Å²) in [6.45, 7) is 5.97. The number of nitriles is 1. The third kappa shape index (κ3) is 4.98. The number of amides is 3. The molecule has 1 saturated heterocycles. The Morgan fingerprint density at radius 1 is 1.23 bits per heavy atom. The third-order valence-electron chi connectivity index (χ3n) is 6.81. The van der Waals surface area contributed by atoms with E-state index in [1.54, 1.807) is 33.0 Å². The second kappa shape index (κ2) is 10.1. The lowest BCUT2D eigenvalue weighted by molar-refractivity contribution is -0.122. The highest BCUT2D eigenvalue weighted by Gasteiger charge is 2.39. The van der Waals surface area contributed by atoms with Crippen molar-refractivity contribution in [1.29, 1.82) is 5.26 Å². The van der Waals surface area contributed by atoms with Crippen LogP contribution in [0.15, 0.2) is 36.5 Å². The highest BCUT2D eigenvalue weighted by molar-refractivity contribution is 6.08. The summed E-state index contributed by atoms with van der Waals surface area (Å²) in [5, 5.41) is 14.3. The second-order valence-corrected chi connectivity index (χ2v) is 10.8. The number of imide groups is 1. The Hall–Kier alpha value is -4.79. The lowest BCUT2D eigenvalue weighted by Gasteiger charge is -2.31. The van der Waals surface area contributed by atoms with Gasteiger partial charge in [0.1, 0.15) is 11.4 Å². The van der Waals surface area contributed by atoms with E-state index in [1.165, 1.54) is 28.9 Å². The first-order valence-corrected chi connectivity index (χ1v) is 12.8. The number of nitrogens with zero attached hydrogens (tertiary/aromatic N) is 6. The van der Waals surface area contributed by atoms with E-state index in [0.717, 1.165) is 11.3 Å². The topological polar surface area (TPSA) is 147 Å². The van der Waals surface area contributed by atoms with Crippen LogP contribution in [0.1, 0.15) is 55.2 Å². The Balaban J connectivity index is 1.61. The van der Waals surface area contributed by atoms with E-state index < -0.39 is 23.4 Å². The number of ether oxygens (including phenoxy) is 1. The molecule has 1 atom stereocenters. The molecule has 2 aliphatic rings. The SMILES string of the molecule is CC(C)(C)OC(=O)N1Cc2nc(-c3c(F)cccc3C#N)cc(-n3ccc(N4CCCC(C(N)=O)C4)n3)c2C1=O. The Bertz CT molecular complexity index is 1570. The molecule has 12 heteroatoms. The van der Waals surface area contributed by atoms with E-state index >= 15 is 4.39 Å². The van der Waals surface area contributed by atoms with E-state index in [4.69, 9.17) is 10.5 Å². The fourth-order valence-electron chi connectivity index (χ4n) is 4.97. The number of hydrogen-bond acceptors (Lipinski definition) is 8. The number of hydrogen-bond donors (Lipinski definition) is 1. The van der Waals surface area contributed by atoms with Crippen molar-refractivity contribution in [2.24, 2.45) is 11.7 Å². The molecule has 3 amide bonds. The zero-order chi connectivity index (χ0) is 28.8. The van der Waals surface area contributed by atoms with Crippen molar-refractivity contribution < 1.29 is 23.5 Å². The smallest absolute Gasteiger partial charge is 0.417 e. The van der Waals surface area contributed by atoms with Crippen molar-refractivity contribution in [2.45, 2.75) is 45.8 Å².